The summed E-state index contributed by atoms with van der Waals surface area (Å²) in [6, 6.07) is 49.9. The van der Waals surface area contributed by atoms with Gasteiger partial charge in [-0.3, -0.25) is 0 Å². The zero-order valence-corrected chi connectivity index (χ0v) is 29.0. The first-order valence-electron chi connectivity index (χ1n) is 17.5. The van der Waals surface area contributed by atoms with Crippen LogP contribution in [0.5, 0.6) is 0 Å². The first-order valence-corrected chi connectivity index (χ1v) is 17.5. The Bertz CT molecular complexity index is 2320. The Morgan fingerprint density at radius 1 is 0.396 bits per heavy atom. The summed E-state index contributed by atoms with van der Waals surface area (Å²) in [5.41, 5.74) is 12.6. The van der Waals surface area contributed by atoms with Crippen LogP contribution in [0.25, 0.3) is 66.1 Å². The fourth-order valence-corrected chi connectivity index (χ4v) is 7.40. The molecule has 0 N–H and O–H groups in total. The third-order valence-electron chi connectivity index (χ3n) is 11.2. The van der Waals surface area contributed by atoms with Gasteiger partial charge in [0.25, 0.3) is 0 Å². The normalized spacial score (nSPS) is 12.5. The lowest BCUT2D eigenvalue weighted by Gasteiger charge is -2.23. The highest BCUT2D eigenvalue weighted by Crippen LogP contribution is 2.40. The average Bonchev–Trinajstić information content (AvgIpc) is 3.64. The lowest BCUT2D eigenvalue weighted by Crippen LogP contribution is -2.15. The minimum atomic E-state index is 0.112. The molecule has 0 radical (unpaired) electrons. The maximum absolute atomic E-state index is 2.47. The fraction of sp³-hybridized carbons (Fsp3) is 0.217. The van der Waals surface area contributed by atoms with Crippen LogP contribution in [0.2, 0.25) is 0 Å². The van der Waals surface area contributed by atoms with E-state index in [1.807, 2.05) is 0 Å². The standard InChI is InChI=1S/C46H44N2/c1-7-45(3,4)33-22-24-43-39(28-33)37-18-12-14-20-41(37)47(43)35-26-32(31-16-10-9-11-17-31)27-36(30-35)48-42-21-15-13-19-38(42)40-29-34(23-25-44(40)48)46(5,6)8-2/h9-30H,7-8H2,1-6H3. The molecule has 8 rings (SSSR count). The van der Waals surface area contributed by atoms with Crippen LogP contribution in [-0.2, 0) is 10.8 Å². The van der Waals surface area contributed by atoms with Crippen molar-refractivity contribution in [3.8, 4) is 22.5 Å². The van der Waals surface area contributed by atoms with Crippen LogP contribution in [-0.4, -0.2) is 9.13 Å². The van der Waals surface area contributed by atoms with E-state index in [-0.39, 0.29) is 10.8 Å². The van der Waals surface area contributed by atoms with Gasteiger partial charge in [0.15, 0.2) is 0 Å². The molecule has 0 aliphatic carbocycles. The smallest absolute Gasteiger partial charge is 0.0541 e. The summed E-state index contributed by atoms with van der Waals surface area (Å²) < 4.78 is 4.94. The van der Waals surface area contributed by atoms with Crippen LogP contribution >= 0.6 is 0 Å². The van der Waals surface area contributed by atoms with Crippen molar-refractivity contribution in [2.45, 2.75) is 65.2 Å². The molecule has 238 valence electrons. The third kappa shape index (κ3) is 4.77. The van der Waals surface area contributed by atoms with Crippen LogP contribution in [0.15, 0.2) is 133 Å². The van der Waals surface area contributed by atoms with Crippen LogP contribution in [0.1, 0.15) is 65.5 Å². The molecule has 0 unspecified atom stereocenters. The highest BCUT2D eigenvalue weighted by atomic mass is 15.0. The van der Waals surface area contributed by atoms with Crippen molar-refractivity contribution in [2.75, 3.05) is 0 Å². The molecule has 0 aliphatic heterocycles. The van der Waals surface area contributed by atoms with Crippen molar-refractivity contribution in [2.24, 2.45) is 0 Å². The van der Waals surface area contributed by atoms with Crippen molar-refractivity contribution in [3.63, 3.8) is 0 Å². The number of benzene rings is 6. The van der Waals surface area contributed by atoms with Gasteiger partial charge in [-0.15, -0.1) is 0 Å². The minimum Gasteiger partial charge on any atom is -0.309 e. The minimum absolute atomic E-state index is 0.112. The summed E-state index contributed by atoms with van der Waals surface area (Å²) in [4.78, 5) is 0. The van der Waals surface area contributed by atoms with Gasteiger partial charge in [-0.2, -0.15) is 0 Å². The average molecular weight is 625 g/mol. The number of rotatable bonds is 7. The van der Waals surface area contributed by atoms with Gasteiger partial charge >= 0.3 is 0 Å². The van der Waals surface area contributed by atoms with E-state index < -0.39 is 0 Å². The molecule has 0 bridgehead atoms. The molecule has 2 heterocycles. The SMILES string of the molecule is CCC(C)(C)c1ccc2c(c1)c1ccccc1n2-c1cc(-c2ccccc2)cc(-n2c3ccccc3c3cc(C(C)(C)CC)ccc32)c1. The Labute approximate surface area is 284 Å². The first kappa shape index (κ1) is 30.3. The molecule has 2 aromatic heterocycles. The van der Waals surface area contributed by atoms with E-state index in [0.29, 0.717) is 0 Å². The zero-order chi connectivity index (χ0) is 33.2. The van der Waals surface area contributed by atoms with Crippen molar-refractivity contribution >= 4 is 43.6 Å². The molecule has 2 nitrogen and oxygen atoms in total. The van der Waals surface area contributed by atoms with Crippen molar-refractivity contribution in [1.82, 2.24) is 9.13 Å². The molecule has 0 saturated carbocycles. The molecule has 6 aromatic carbocycles. The molecule has 0 aliphatic rings. The van der Waals surface area contributed by atoms with Gasteiger partial charge in [0.1, 0.15) is 0 Å². The first-order chi connectivity index (χ1) is 23.2. The van der Waals surface area contributed by atoms with E-state index in [9.17, 15) is 0 Å². The van der Waals surface area contributed by atoms with Crippen molar-refractivity contribution in [1.29, 1.82) is 0 Å². The van der Waals surface area contributed by atoms with Crippen molar-refractivity contribution in [3.05, 3.63) is 145 Å². The lowest BCUT2D eigenvalue weighted by molar-refractivity contribution is 0.507. The van der Waals surface area contributed by atoms with Gasteiger partial charge in [0, 0.05) is 32.9 Å². The second kappa shape index (κ2) is 11.3. The topological polar surface area (TPSA) is 9.86 Å². The molecular weight excluding hydrogens is 581 g/mol. The summed E-state index contributed by atoms with van der Waals surface area (Å²) in [6.45, 7) is 14.0. The Balaban J connectivity index is 1.45. The third-order valence-corrected chi connectivity index (χ3v) is 11.2. The Kier molecular flexibility index (Phi) is 7.11. The molecule has 0 fully saturated rings. The maximum atomic E-state index is 2.47. The summed E-state index contributed by atoms with van der Waals surface area (Å²) in [7, 11) is 0. The van der Waals surface area contributed by atoms with E-state index in [4.69, 9.17) is 0 Å². The quantitative estimate of drug-likeness (QED) is 0.167. The van der Waals surface area contributed by atoms with Crippen LogP contribution in [0.3, 0.4) is 0 Å². The van der Waals surface area contributed by atoms with Crippen LogP contribution in [0.4, 0.5) is 0 Å². The zero-order valence-electron chi connectivity index (χ0n) is 29.0. The number of aromatic nitrogens is 2. The van der Waals surface area contributed by atoms with Crippen LogP contribution in [0, 0.1) is 0 Å². The van der Waals surface area contributed by atoms with Gasteiger partial charge in [-0.05, 0) is 101 Å². The number of fused-ring (bicyclic) bond motifs is 6. The molecule has 0 amide bonds. The van der Waals surface area contributed by atoms with Crippen molar-refractivity contribution < 1.29 is 0 Å². The van der Waals surface area contributed by atoms with Gasteiger partial charge in [0.2, 0.25) is 0 Å². The monoisotopic (exact) mass is 624 g/mol. The number of para-hydroxylation sites is 2. The number of hydrogen-bond acceptors (Lipinski definition) is 0. The summed E-state index contributed by atoms with van der Waals surface area (Å²) >= 11 is 0. The second-order valence-electron chi connectivity index (χ2n) is 14.7. The predicted octanol–water partition coefficient (Wildman–Crippen LogP) is 12.9. The molecule has 2 heteroatoms. The van der Waals surface area contributed by atoms with E-state index in [0.717, 1.165) is 24.2 Å². The van der Waals surface area contributed by atoms with E-state index in [1.54, 1.807) is 0 Å². The maximum Gasteiger partial charge on any atom is 0.0541 e. The Hall–Kier alpha value is -5.08. The molecule has 0 saturated heterocycles. The summed E-state index contributed by atoms with van der Waals surface area (Å²) in [6.07, 6.45) is 2.19. The van der Waals surface area contributed by atoms with Gasteiger partial charge in [0.05, 0.1) is 22.1 Å². The lowest BCUT2D eigenvalue weighted by atomic mass is 9.82. The van der Waals surface area contributed by atoms with Gasteiger partial charge in [-0.1, -0.05) is 120 Å². The number of hydrogen-bond donors (Lipinski definition) is 0. The van der Waals surface area contributed by atoms with E-state index in [2.05, 4.69) is 184 Å². The molecule has 8 aromatic rings. The molecular formula is C46H44N2. The van der Waals surface area contributed by atoms with E-state index in [1.165, 1.54) is 65.9 Å². The Morgan fingerprint density at radius 3 is 1.27 bits per heavy atom. The summed E-state index contributed by atoms with van der Waals surface area (Å²) in [5, 5.41) is 5.19. The van der Waals surface area contributed by atoms with Gasteiger partial charge < -0.3 is 9.13 Å². The largest absolute Gasteiger partial charge is 0.309 e. The van der Waals surface area contributed by atoms with E-state index >= 15 is 0 Å². The highest BCUT2D eigenvalue weighted by molar-refractivity contribution is 6.11. The molecule has 48 heavy (non-hydrogen) atoms. The Morgan fingerprint density at radius 2 is 0.812 bits per heavy atom. The molecule has 0 spiro atoms. The van der Waals surface area contributed by atoms with Crippen LogP contribution < -0.4 is 0 Å². The number of nitrogens with zero attached hydrogens (tertiary/aromatic N) is 2. The van der Waals surface area contributed by atoms with Gasteiger partial charge in [-0.25, -0.2) is 0 Å². The summed E-state index contributed by atoms with van der Waals surface area (Å²) in [5.74, 6) is 0. The highest BCUT2D eigenvalue weighted by Gasteiger charge is 2.23. The fourth-order valence-electron chi connectivity index (χ4n) is 7.40. The predicted molar refractivity (Wildman–Crippen MR) is 207 cm³/mol. The molecule has 0 atom stereocenters. The second-order valence-corrected chi connectivity index (χ2v) is 14.7.